The first-order valence-electron chi connectivity index (χ1n) is 39.6. The van der Waals surface area contributed by atoms with Crippen molar-refractivity contribution in [3.63, 3.8) is 0 Å². The molecular formula is C91H99Br2F4IN28O7. The molecular weight excluding hydrogens is 1960 g/mol. The second-order valence-corrected chi connectivity index (χ2v) is 32.9. The number of ether oxygens (including phenoxy) is 4. The van der Waals surface area contributed by atoms with Crippen molar-refractivity contribution in [3.8, 4) is 46.3 Å². The summed E-state index contributed by atoms with van der Waals surface area (Å²) < 4.78 is 88.2. The summed E-state index contributed by atoms with van der Waals surface area (Å²) in [6.07, 6.45) is 21.9. The molecule has 16 aromatic rings. The maximum Gasteiger partial charge on any atom is 0.258 e. The standard InChI is InChI=1S/C22H21BrFN7O2.2C22H20FN7O2.C12H10BrFIN3O.C9H12N4.4CH4/c1-12-7-27-22-28-15(11-31(22)9-12)10-30(3)21(32)16-5-4-14(24)6-17(16)13(2)33-20-19(25)26-8-18(23)29-20;1-11-7-26-22-27-14-9-29(3)21(31)15-5-4-13(23)6-16(15)12(2)32-20-19(24)25-8-17(28-20)18(11)30(22)10-14;1-11-7-26-22-28-17-10-29(3)21(31)14-5-4-13(23)6-15(14)12(2)32-20-19(24)25-8-16(27-20)18(17)30(22)9-11;1-6(8-4-7(14)2-3-9(8)15)19-12-11(16)17-5-10(13)18-12;1-7-3-11-9-12-8(4-10-2)6-13(9)5-7;;;;/h4-9,11,13H,10H2,1-3H3,(H2,25,26);4-8,10,12H,9H2,1-3H3,(H2,24,25);4-9,12H,10H2,1-3H3,(H2,24,25);2-6H,1H3,(H2,16,17);3,5-6,10H,4H2,1-2H3;4*1H4/t13-;2*12-;6-;;;;;/m1111...../s1. The third-order valence-corrected chi connectivity index (χ3v) is 21.8. The lowest BCUT2D eigenvalue weighted by Crippen LogP contribution is -2.28. The zero-order valence-corrected chi connectivity index (χ0v) is 76.6. The van der Waals surface area contributed by atoms with Crippen LogP contribution in [0.2, 0.25) is 0 Å². The highest BCUT2D eigenvalue weighted by atomic mass is 127. The largest absolute Gasteiger partial charge is 0.467 e. The predicted molar refractivity (Wildman–Crippen MR) is 512 cm³/mol. The Morgan fingerprint density at radius 1 is 0.526 bits per heavy atom. The molecule has 0 spiro atoms. The van der Waals surface area contributed by atoms with Crippen molar-refractivity contribution in [2.24, 2.45) is 0 Å². The summed E-state index contributed by atoms with van der Waals surface area (Å²) in [6, 6.07) is 16.5. The molecule has 0 fully saturated rings. The number of carbonyl (C=O) groups excluding carboxylic acids is 3. The number of halogens is 7. The lowest BCUT2D eigenvalue weighted by Gasteiger charge is -2.23. The summed E-state index contributed by atoms with van der Waals surface area (Å²) in [4.78, 5) is 113. The highest BCUT2D eigenvalue weighted by molar-refractivity contribution is 14.1. The van der Waals surface area contributed by atoms with Crippen LogP contribution in [0.1, 0.15) is 180 Å². The molecule has 694 valence electrons. The van der Waals surface area contributed by atoms with Crippen molar-refractivity contribution in [2.45, 2.75) is 136 Å². The number of hydrogen-bond acceptors (Lipinski definition) is 28. The Morgan fingerprint density at radius 2 is 0.970 bits per heavy atom. The van der Waals surface area contributed by atoms with Crippen LogP contribution in [0.4, 0.5) is 40.8 Å². The van der Waals surface area contributed by atoms with E-state index in [0.29, 0.717) is 94.1 Å². The number of imidazole rings is 4. The van der Waals surface area contributed by atoms with Gasteiger partial charge in [0, 0.05) is 132 Å². The predicted octanol–water partition coefficient (Wildman–Crippen LogP) is 16.6. The van der Waals surface area contributed by atoms with Gasteiger partial charge < -0.3 is 61.9 Å². The monoisotopic (exact) mass is 2060 g/mol. The number of amides is 3. The molecule has 0 unspecified atom stereocenters. The van der Waals surface area contributed by atoms with E-state index in [1.54, 1.807) is 79.7 Å². The van der Waals surface area contributed by atoms with Crippen LogP contribution in [0.3, 0.4) is 0 Å². The van der Waals surface area contributed by atoms with E-state index in [1.165, 1.54) is 100 Å². The van der Waals surface area contributed by atoms with Gasteiger partial charge in [-0.2, -0.15) is 0 Å². The normalized spacial score (nSPS) is 13.5. The number of nitrogens with one attached hydrogen (secondary N) is 1. The van der Waals surface area contributed by atoms with Crippen molar-refractivity contribution in [3.05, 3.63) is 280 Å². The Morgan fingerprint density at radius 3 is 1.52 bits per heavy atom. The Balaban J connectivity index is 0.000000176. The average Bonchev–Trinajstić information content (AvgIpc) is 1.67. The van der Waals surface area contributed by atoms with Gasteiger partial charge >= 0.3 is 0 Å². The van der Waals surface area contributed by atoms with Gasteiger partial charge in [0.2, 0.25) is 23.1 Å². The Hall–Kier alpha value is -14.1. The number of benzene rings is 4. The summed E-state index contributed by atoms with van der Waals surface area (Å²) in [6.45, 7) is 16.1. The maximum atomic E-state index is 14.1. The number of nitrogens with zero attached hydrogens (tertiary/aromatic N) is 23. The molecule has 133 heavy (non-hydrogen) atoms. The van der Waals surface area contributed by atoms with E-state index in [-0.39, 0.29) is 126 Å². The zero-order valence-electron chi connectivity index (χ0n) is 71.2. The summed E-state index contributed by atoms with van der Waals surface area (Å²) in [5.74, 6) is 0.552. The molecule has 0 saturated heterocycles. The minimum Gasteiger partial charge on any atom is -0.467 e. The van der Waals surface area contributed by atoms with E-state index in [4.69, 9.17) is 41.9 Å². The Labute approximate surface area is 794 Å². The van der Waals surface area contributed by atoms with Gasteiger partial charge in [0.05, 0.1) is 78.6 Å². The number of anilines is 4. The lowest BCUT2D eigenvalue weighted by atomic mass is 10.0. The number of rotatable bonds is 11. The number of hydrogen-bond donors (Lipinski definition) is 5. The summed E-state index contributed by atoms with van der Waals surface area (Å²) in [5, 5.41) is 3.06. The zero-order chi connectivity index (χ0) is 92.1. The van der Waals surface area contributed by atoms with Crippen LogP contribution in [-0.4, -0.2) is 158 Å². The van der Waals surface area contributed by atoms with Crippen molar-refractivity contribution < 1.29 is 50.9 Å². The van der Waals surface area contributed by atoms with Gasteiger partial charge in [-0.1, -0.05) is 29.7 Å². The first-order chi connectivity index (χ1) is 61.6. The van der Waals surface area contributed by atoms with Crippen molar-refractivity contribution >= 4 is 119 Å². The molecule has 2 aliphatic rings. The molecule has 12 aromatic heterocycles. The first-order valence-corrected chi connectivity index (χ1v) is 42.3. The molecule has 18 rings (SSSR count). The third kappa shape index (κ3) is 23.2. The molecule has 2 aliphatic heterocycles. The minimum atomic E-state index is -0.721. The van der Waals surface area contributed by atoms with Crippen molar-refractivity contribution in [1.29, 1.82) is 0 Å². The molecule has 9 N–H and O–H groups in total. The van der Waals surface area contributed by atoms with Crippen LogP contribution in [0.5, 0.6) is 23.5 Å². The van der Waals surface area contributed by atoms with Crippen LogP contribution in [-0.2, 0) is 26.2 Å². The number of nitrogens with two attached hydrogens (primary N) is 4. The smallest absolute Gasteiger partial charge is 0.258 e. The van der Waals surface area contributed by atoms with Gasteiger partial charge in [-0.3, -0.25) is 32.0 Å². The van der Waals surface area contributed by atoms with E-state index in [2.05, 4.69) is 140 Å². The summed E-state index contributed by atoms with van der Waals surface area (Å²) in [5.41, 5.74) is 35.6. The fraction of sp³-hybridized carbons (Fsp3) is 0.264. The van der Waals surface area contributed by atoms with E-state index < -0.39 is 35.8 Å². The van der Waals surface area contributed by atoms with Gasteiger partial charge in [-0.25, -0.2) is 97.3 Å². The number of nitrogen functional groups attached to an aromatic ring is 4. The Bertz CT molecular complexity index is 6960. The molecule has 3 amide bonds. The lowest BCUT2D eigenvalue weighted by molar-refractivity contribution is 0.0771. The van der Waals surface area contributed by atoms with E-state index in [9.17, 15) is 31.9 Å². The number of carbonyl (C=O) groups is 3. The highest BCUT2D eigenvalue weighted by Crippen LogP contribution is 2.37. The molecule has 14 heterocycles. The first kappa shape index (κ1) is 101. The molecule has 0 aliphatic carbocycles. The van der Waals surface area contributed by atoms with Gasteiger partial charge in [-0.05, 0) is 212 Å². The van der Waals surface area contributed by atoms with Crippen LogP contribution in [0.25, 0.3) is 45.9 Å². The van der Waals surface area contributed by atoms with Crippen LogP contribution in [0, 0.1) is 54.5 Å². The minimum absolute atomic E-state index is 0. The van der Waals surface area contributed by atoms with E-state index in [1.807, 2.05) is 95.7 Å². The second kappa shape index (κ2) is 43.3. The topological polar surface area (TPSA) is 438 Å². The number of fused-ring (bicyclic) bond motifs is 14. The fourth-order valence-corrected chi connectivity index (χ4v) is 15.2. The van der Waals surface area contributed by atoms with Crippen molar-refractivity contribution in [1.82, 2.24) is 117 Å². The highest BCUT2D eigenvalue weighted by Gasteiger charge is 2.31. The molecule has 0 saturated carbocycles. The van der Waals surface area contributed by atoms with E-state index in [0.717, 1.165) is 55.1 Å². The quantitative estimate of drug-likeness (QED) is 0.0593. The second-order valence-electron chi connectivity index (χ2n) is 30.1. The number of aryl methyl sites for hydroxylation is 4. The van der Waals surface area contributed by atoms with Gasteiger partial charge in [0.15, 0.2) is 23.3 Å². The maximum absolute atomic E-state index is 14.1. The van der Waals surface area contributed by atoms with Gasteiger partial charge in [0.25, 0.3) is 41.2 Å². The fourth-order valence-electron chi connectivity index (χ4n) is 13.9. The summed E-state index contributed by atoms with van der Waals surface area (Å²) in [7, 11) is 6.89. The van der Waals surface area contributed by atoms with Crippen LogP contribution < -0.4 is 47.2 Å². The third-order valence-electron chi connectivity index (χ3n) is 20.1. The van der Waals surface area contributed by atoms with Crippen LogP contribution in [0.15, 0.2) is 169 Å². The van der Waals surface area contributed by atoms with Gasteiger partial charge in [-0.15, -0.1) is 0 Å². The SMILES string of the molecule is C.C.C.C.CNCc1cn2cc(C)cnc2n1.C[C@@H](Oc1nc(Br)cnc1N)c1cc(F)ccc1I.Cc1cnc2nc(CN(C)C(=O)c3ccc(F)cc3[C@@H](C)Oc3nc(Br)cnc3N)cn2c1.Cc1cnc2nc3c(n2c1)-c1cnc(N)c(n1)O[C@H](C)c1cc(F)ccc1C(=O)N(C)C3.Cc1cnc2nc3cn2c1-c1cnc(N)c(n1)O[C@H](C)c1cc(F)ccc1C(=O)N(C)C3. The van der Waals surface area contributed by atoms with Crippen molar-refractivity contribution in [2.75, 3.05) is 51.1 Å². The molecule has 42 heteroatoms. The van der Waals surface area contributed by atoms with Gasteiger partial charge in [0.1, 0.15) is 68.3 Å². The Kier molecular flexibility index (Phi) is 32.9. The molecule has 4 aromatic carbocycles. The summed E-state index contributed by atoms with van der Waals surface area (Å²) >= 11 is 8.54. The van der Waals surface area contributed by atoms with Crippen LogP contribution >= 0.6 is 54.5 Å². The molecule has 35 nitrogen and oxygen atoms in total. The number of aromatic nitrogens is 20. The molecule has 6 bridgehead atoms. The molecule has 0 radical (unpaired) electrons. The molecule has 4 atom stereocenters. The average molecular weight is 2060 g/mol. The van der Waals surface area contributed by atoms with E-state index >= 15 is 0 Å².